The molecule has 0 saturated heterocycles. The van der Waals surface area contributed by atoms with E-state index in [0.717, 1.165) is 25.7 Å². The predicted octanol–water partition coefficient (Wildman–Crippen LogP) is 2.65. The second-order valence-corrected chi connectivity index (χ2v) is 11.2. The van der Waals surface area contributed by atoms with Crippen LogP contribution in [0.1, 0.15) is 53.3 Å². The van der Waals surface area contributed by atoms with Crippen LogP contribution in [-0.4, -0.2) is 83.7 Å². The quantitative estimate of drug-likeness (QED) is 0.294. The van der Waals surface area contributed by atoms with Gasteiger partial charge in [-0.3, -0.25) is 9.59 Å². The number of aliphatic hydroxyl groups excluding tert-OH is 3. The lowest BCUT2D eigenvalue weighted by molar-refractivity contribution is -0.118. The van der Waals surface area contributed by atoms with Gasteiger partial charge in [0.15, 0.2) is 28.6 Å². The molecule has 4 atom stereocenters. The molecule has 228 valence electrons. The maximum absolute atomic E-state index is 14.3. The molecule has 1 fully saturated rings. The highest BCUT2D eigenvalue weighted by molar-refractivity contribution is 5.99. The number of fused-ring (bicyclic) bond motifs is 4. The SMILES string of the molecule is COc1cc(CO)cc2c1OC1C2C(C(=O)NCCO)=CC(N(C(=O)c2cc3cccc(OC)c3o2)C2CCCC2)C1O. The molecule has 1 saturated carbocycles. The lowest BCUT2D eigenvalue weighted by Crippen LogP contribution is -2.58. The zero-order chi connectivity index (χ0) is 30.2. The van der Waals surface area contributed by atoms with E-state index in [9.17, 15) is 24.9 Å². The monoisotopic (exact) mass is 592 g/mol. The van der Waals surface area contributed by atoms with Crippen LogP contribution in [0.25, 0.3) is 11.0 Å². The Morgan fingerprint density at radius 3 is 2.53 bits per heavy atom. The number of nitrogens with zero attached hydrogens (tertiary/aromatic N) is 1. The van der Waals surface area contributed by atoms with E-state index in [4.69, 9.17) is 18.6 Å². The Kier molecular flexibility index (Phi) is 8.04. The molecule has 2 aliphatic carbocycles. The van der Waals surface area contributed by atoms with Gasteiger partial charge in [0, 0.05) is 29.1 Å². The van der Waals surface area contributed by atoms with Gasteiger partial charge in [-0.2, -0.15) is 0 Å². The van der Waals surface area contributed by atoms with Crippen molar-refractivity contribution in [2.75, 3.05) is 27.4 Å². The standard InChI is InChI=1S/C32H36N2O9/c1-40-23-9-5-6-18-14-25(42-28(18)23)32(39)34(19-7-3-4-8-19)22-15-21(31(38)33-10-11-35)26-20-12-17(16-36)13-24(41-2)29(20)43-30(26)27(22)37/h5-6,9,12-15,19,22,26-27,30,35-37H,3-4,7-8,10-11,16H2,1-2H3,(H,33,38). The lowest BCUT2D eigenvalue weighted by Gasteiger charge is -2.42. The van der Waals surface area contributed by atoms with Gasteiger partial charge in [0.05, 0.1) is 39.4 Å². The zero-order valence-electron chi connectivity index (χ0n) is 24.1. The number of carbonyl (C=O) groups is 2. The first kappa shape index (κ1) is 29.0. The van der Waals surface area contributed by atoms with Gasteiger partial charge in [-0.1, -0.05) is 25.0 Å². The third-order valence-corrected chi connectivity index (χ3v) is 8.71. The molecule has 0 radical (unpaired) electrons. The first-order chi connectivity index (χ1) is 20.9. The average molecular weight is 593 g/mol. The van der Waals surface area contributed by atoms with Crippen molar-refractivity contribution < 1.29 is 43.5 Å². The van der Waals surface area contributed by atoms with Crippen molar-refractivity contribution in [2.24, 2.45) is 0 Å². The number of nitrogens with one attached hydrogen (secondary N) is 1. The van der Waals surface area contributed by atoms with E-state index in [0.29, 0.717) is 44.9 Å². The minimum atomic E-state index is -1.21. The van der Waals surface area contributed by atoms with Gasteiger partial charge < -0.3 is 44.2 Å². The van der Waals surface area contributed by atoms with Gasteiger partial charge in [0.25, 0.3) is 5.91 Å². The molecule has 11 nitrogen and oxygen atoms in total. The third kappa shape index (κ3) is 5.01. The summed E-state index contributed by atoms with van der Waals surface area (Å²) in [5.41, 5.74) is 1.91. The minimum Gasteiger partial charge on any atom is -0.493 e. The molecular weight excluding hydrogens is 556 g/mol. The molecule has 3 aromatic rings. The summed E-state index contributed by atoms with van der Waals surface area (Å²) in [6, 6.07) is 9.35. The van der Waals surface area contributed by atoms with E-state index in [1.165, 1.54) is 14.2 Å². The van der Waals surface area contributed by atoms with Crippen molar-refractivity contribution in [2.45, 2.75) is 62.5 Å². The predicted molar refractivity (Wildman–Crippen MR) is 155 cm³/mol. The highest BCUT2D eigenvalue weighted by Crippen LogP contribution is 2.52. The number of ether oxygens (including phenoxy) is 3. The van der Waals surface area contributed by atoms with Crippen LogP contribution >= 0.6 is 0 Å². The van der Waals surface area contributed by atoms with Crippen molar-refractivity contribution in [1.29, 1.82) is 0 Å². The van der Waals surface area contributed by atoms with Crippen LogP contribution in [0.2, 0.25) is 0 Å². The number of para-hydroxylation sites is 1. The molecular formula is C32H36N2O9. The number of furan rings is 1. The fraction of sp³-hybridized carbons (Fsp3) is 0.438. The molecule has 6 rings (SSSR count). The smallest absolute Gasteiger partial charge is 0.290 e. The number of carbonyl (C=O) groups excluding carboxylic acids is 2. The Bertz CT molecular complexity index is 1560. The molecule has 2 amide bonds. The topological polar surface area (TPSA) is 151 Å². The summed E-state index contributed by atoms with van der Waals surface area (Å²) in [6.07, 6.45) is 2.84. The van der Waals surface area contributed by atoms with Gasteiger partial charge in [-0.25, -0.2) is 0 Å². The highest BCUT2D eigenvalue weighted by atomic mass is 16.5. The summed E-state index contributed by atoms with van der Waals surface area (Å²) in [6.45, 7) is -0.480. The summed E-state index contributed by atoms with van der Waals surface area (Å²) >= 11 is 0. The largest absolute Gasteiger partial charge is 0.493 e. The Labute approximate surface area is 248 Å². The first-order valence-electron chi connectivity index (χ1n) is 14.6. The summed E-state index contributed by atoms with van der Waals surface area (Å²) in [5, 5.41) is 34.7. The molecule has 1 aliphatic heterocycles. The van der Waals surface area contributed by atoms with E-state index < -0.39 is 36.0 Å². The molecule has 0 bridgehead atoms. The number of aliphatic hydroxyl groups is 3. The summed E-state index contributed by atoms with van der Waals surface area (Å²) in [7, 11) is 3.01. The van der Waals surface area contributed by atoms with Crippen molar-refractivity contribution in [3.63, 3.8) is 0 Å². The molecule has 43 heavy (non-hydrogen) atoms. The van der Waals surface area contributed by atoms with Crippen LogP contribution in [0, 0.1) is 0 Å². The molecule has 0 spiro atoms. The van der Waals surface area contributed by atoms with Crippen LogP contribution in [0.5, 0.6) is 17.2 Å². The van der Waals surface area contributed by atoms with E-state index in [1.807, 2.05) is 12.1 Å². The van der Waals surface area contributed by atoms with Crippen LogP contribution in [0.4, 0.5) is 0 Å². The van der Waals surface area contributed by atoms with E-state index in [2.05, 4.69) is 5.32 Å². The highest BCUT2D eigenvalue weighted by Gasteiger charge is 2.52. The van der Waals surface area contributed by atoms with Crippen molar-refractivity contribution in [3.05, 3.63) is 64.9 Å². The van der Waals surface area contributed by atoms with Gasteiger partial charge in [0.1, 0.15) is 12.2 Å². The van der Waals surface area contributed by atoms with Gasteiger partial charge in [0.2, 0.25) is 5.91 Å². The Morgan fingerprint density at radius 1 is 1.07 bits per heavy atom. The second kappa shape index (κ2) is 11.9. The second-order valence-electron chi connectivity index (χ2n) is 11.2. The fourth-order valence-corrected chi connectivity index (χ4v) is 6.75. The summed E-state index contributed by atoms with van der Waals surface area (Å²) in [4.78, 5) is 29.6. The van der Waals surface area contributed by atoms with Crippen molar-refractivity contribution >= 4 is 22.8 Å². The Morgan fingerprint density at radius 2 is 1.84 bits per heavy atom. The van der Waals surface area contributed by atoms with Crippen LogP contribution < -0.4 is 19.5 Å². The van der Waals surface area contributed by atoms with Crippen LogP contribution in [0.15, 0.2) is 52.5 Å². The van der Waals surface area contributed by atoms with Crippen molar-refractivity contribution in [3.8, 4) is 17.2 Å². The molecule has 4 unspecified atom stereocenters. The normalized spacial score (nSPS) is 22.9. The van der Waals surface area contributed by atoms with Crippen LogP contribution in [0.3, 0.4) is 0 Å². The number of methoxy groups -OCH3 is 2. The molecule has 1 aromatic heterocycles. The van der Waals surface area contributed by atoms with Gasteiger partial charge in [-0.15, -0.1) is 0 Å². The fourth-order valence-electron chi connectivity index (χ4n) is 6.75. The lowest BCUT2D eigenvalue weighted by atomic mass is 9.77. The first-order valence-corrected chi connectivity index (χ1v) is 14.6. The summed E-state index contributed by atoms with van der Waals surface area (Å²) < 4.78 is 23.3. The number of hydrogen-bond acceptors (Lipinski definition) is 9. The maximum Gasteiger partial charge on any atom is 0.290 e. The van der Waals surface area contributed by atoms with E-state index in [-0.39, 0.29) is 31.6 Å². The van der Waals surface area contributed by atoms with Crippen molar-refractivity contribution in [1.82, 2.24) is 10.2 Å². The van der Waals surface area contributed by atoms with Gasteiger partial charge >= 0.3 is 0 Å². The molecule has 2 aromatic carbocycles. The minimum absolute atomic E-state index is 0.0284. The Hall–Kier alpha value is -4.06. The number of amides is 2. The summed E-state index contributed by atoms with van der Waals surface area (Å²) in [5.74, 6) is -0.205. The number of hydrogen-bond donors (Lipinski definition) is 4. The van der Waals surface area contributed by atoms with E-state index in [1.54, 1.807) is 35.2 Å². The van der Waals surface area contributed by atoms with E-state index >= 15 is 0 Å². The Balaban J connectivity index is 1.46. The molecule has 2 heterocycles. The molecule has 4 N–H and O–H groups in total. The number of benzene rings is 2. The molecule has 3 aliphatic rings. The zero-order valence-corrected chi connectivity index (χ0v) is 24.1. The maximum atomic E-state index is 14.3. The van der Waals surface area contributed by atoms with Crippen LogP contribution in [-0.2, 0) is 11.4 Å². The average Bonchev–Trinajstić information content (AvgIpc) is 3.79. The third-order valence-electron chi connectivity index (χ3n) is 8.71. The molecule has 11 heteroatoms. The number of rotatable bonds is 9. The van der Waals surface area contributed by atoms with Gasteiger partial charge in [-0.05, 0) is 48.7 Å².